The number of fused-ring (bicyclic) bond motifs is 1. The number of anilines is 1. The third-order valence-electron chi connectivity index (χ3n) is 3.36. The van der Waals surface area contributed by atoms with Gasteiger partial charge in [-0.2, -0.15) is 5.10 Å². The third kappa shape index (κ3) is 2.66. The Balaban J connectivity index is 2.08. The van der Waals surface area contributed by atoms with Gasteiger partial charge in [0.25, 0.3) is 15.6 Å². The van der Waals surface area contributed by atoms with Crippen LogP contribution in [0.25, 0.3) is 5.52 Å². The Morgan fingerprint density at radius 2 is 2.04 bits per heavy atom. The van der Waals surface area contributed by atoms with Gasteiger partial charge in [0.1, 0.15) is 22.0 Å². The van der Waals surface area contributed by atoms with Crippen LogP contribution in [-0.2, 0) is 10.0 Å². The highest BCUT2D eigenvalue weighted by Crippen LogP contribution is 2.26. The molecule has 2 N–H and O–H groups in total. The summed E-state index contributed by atoms with van der Waals surface area (Å²) in [5.41, 5.74) is 0.0567. The van der Waals surface area contributed by atoms with Gasteiger partial charge in [-0.3, -0.25) is 13.9 Å². The molecule has 9 heteroatoms. The summed E-state index contributed by atoms with van der Waals surface area (Å²) in [4.78, 5) is 11.7. The van der Waals surface area contributed by atoms with Crippen molar-refractivity contribution in [2.45, 2.75) is 11.8 Å². The molecule has 120 valence electrons. The highest BCUT2D eigenvalue weighted by Gasteiger charge is 2.20. The van der Waals surface area contributed by atoms with E-state index in [1.807, 2.05) is 0 Å². The van der Waals surface area contributed by atoms with Crippen molar-refractivity contribution in [1.82, 2.24) is 14.6 Å². The fraction of sp³-hybridized carbons (Fsp3) is 0.143. The van der Waals surface area contributed by atoms with E-state index >= 15 is 0 Å². The summed E-state index contributed by atoms with van der Waals surface area (Å²) < 4.78 is 34.1. The van der Waals surface area contributed by atoms with E-state index in [1.165, 1.54) is 23.8 Å². The van der Waals surface area contributed by atoms with Crippen LogP contribution in [0.3, 0.4) is 0 Å². The molecule has 0 aliphatic carbocycles. The van der Waals surface area contributed by atoms with E-state index in [0.29, 0.717) is 17.3 Å². The number of hydrogen-bond donors (Lipinski definition) is 2. The highest BCUT2D eigenvalue weighted by molar-refractivity contribution is 7.92. The molecule has 23 heavy (non-hydrogen) atoms. The largest absolute Gasteiger partial charge is 0.495 e. The van der Waals surface area contributed by atoms with E-state index in [9.17, 15) is 13.2 Å². The van der Waals surface area contributed by atoms with Crippen molar-refractivity contribution in [1.29, 1.82) is 0 Å². The number of H-pyrrole nitrogens is 1. The molecule has 0 amide bonds. The van der Waals surface area contributed by atoms with Gasteiger partial charge < -0.3 is 4.74 Å². The van der Waals surface area contributed by atoms with Gasteiger partial charge in [0.15, 0.2) is 0 Å². The Morgan fingerprint density at radius 1 is 1.30 bits per heavy atom. The van der Waals surface area contributed by atoms with E-state index in [1.54, 1.807) is 31.2 Å². The number of aryl methyl sites for hydroxylation is 1. The molecule has 2 aromatic heterocycles. The van der Waals surface area contributed by atoms with Crippen LogP contribution in [0.2, 0.25) is 0 Å². The smallest absolute Gasteiger partial charge is 0.288 e. The van der Waals surface area contributed by atoms with Crippen LogP contribution in [0.1, 0.15) is 5.82 Å². The lowest BCUT2D eigenvalue weighted by Crippen LogP contribution is -2.12. The lowest BCUT2D eigenvalue weighted by molar-refractivity contribution is 0.417. The number of ether oxygens (including phenoxy) is 1. The van der Waals surface area contributed by atoms with E-state index in [-0.39, 0.29) is 10.4 Å². The molecule has 0 saturated heterocycles. The molecular formula is C14H14N4O4S. The van der Waals surface area contributed by atoms with Crippen LogP contribution < -0.4 is 15.0 Å². The Kier molecular flexibility index (Phi) is 3.57. The van der Waals surface area contributed by atoms with Gasteiger partial charge in [-0.1, -0.05) is 12.1 Å². The molecular weight excluding hydrogens is 320 g/mol. The van der Waals surface area contributed by atoms with Gasteiger partial charge >= 0.3 is 0 Å². The molecule has 3 aromatic rings. The zero-order valence-electron chi connectivity index (χ0n) is 12.4. The molecule has 0 unspecified atom stereocenters. The maximum absolute atomic E-state index is 12.5. The maximum Gasteiger partial charge on any atom is 0.288 e. The second-order valence-electron chi connectivity index (χ2n) is 4.84. The van der Waals surface area contributed by atoms with Gasteiger partial charge in [0, 0.05) is 6.20 Å². The predicted molar refractivity (Wildman–Crippen MR) is 84.4 cm³/mol. The Bertz CT molecular complexity index is 1040. The molecule has 0 atom stereocenters. The molecule has 0 spiro atoms. The first-order valence-corrected chi connectivity index (χ1v) is 8.14. The monoisotopic (exact) mass is 334 g/mol. The minimum absolute atomic E-state index is 0.0370. The fourth-order valence-electron chi connectivity index (χ4n) is 2.20. The number of methoxy groups -OCH3 is 1. The normalized spacial score (nSPS) is 11.6. The average Bonchev–Trinajstić information content (AvgIpc) is 2.99. The van der Waals surface area contributed by atoms with Crippen molar-refractivity contribution in [3.8, 4) is 5.75 Å². The SMILES string of the molecule is COc1ccccc1NS(=O)(=O)c1cc2c(=O)[nH]nc(C)n2c1. The van der Waals surface area contributed by atoms with Crippen LogP contribution in [0.4, 0.5) is 5.69 Å². The second-order valence-corrected chi connectivity index (χ2v) is 6.52. The second kappa shape index (κ2) is 5.43. The third-order valence-corrected chi connectivity index (χ3v) is 4.69. The zero-order valence-corrected chi connectivity index (χ0v) is 13.2. The summed E-state index contributed by atoms with van der Waals surface area (Å²) in [6.45, 7) is 1.66. The zero-order chi connectivity index (χ0) is 16.6. The highest BCUT2D eigenvalue weighted by atomic mass is 32.2. The fourth-order valence-corrected chi connectivity index (χ4v) is 3.29. The van der Waals surface area contributed by atoms with Crippen molar-refractivity contribution < 1.29 is 13.2 Å². The Labute approximate surface area is 131 Å². The van der Waals surface area contributed by atoms with E-state index in [2.05, 4.69) is 14.9 Å². The maximum atomic E-state index is 12.5. The van der Waals surface area contributed by atoms with Gasteiger partial charge in [-0.05, 0) is 25.1 Å². The summed E-state index contributed by atoms with van der Waals surface area (Å²) in [6.07, 6.45) is 1.35. The summed E-state index contributed by atoms with van der Waals surface area (Å²) in [7, 11) is -2.42. The molecule has 0 fully saturated rings. The van der Waals surface area contributed by atoms with Crippen molar-refractivity contribution >= 4 is 21.2 Å². The number of rotatable bonds is 4. The summed E-state index contributed by atoms with van der Waals surface area (Å²) in [5.74, 6) is 0.869. The standard InChI is InChI=1S/C14H14N4O4S/c1-9-15-16-14(19)12-7-10(8-18(9)12)23(20,21)17-11-5-3-4-6-13(11)22-2/h3-8,17H,1-2H3,(H,16,19). The van der Waals surface area contributed by atoms with Crippen LogP contribution in [0.15, 0.2) is 46.2 Å². The van der Waals surface area contributed by atoms with Crippen LogP contribution in [0, 0.1) is 6.92 Å². The first kappa shape index (κ1) is 15.1. The Morgan fingerprint density at radius 3 is 2.74 bits per heavy atom. The molecule has 1 aromatic carbocycles. The molecule has 0 aliphatic rings. The topological polar surface area (TPSA) is 106 Å². The first-order chi connectivity index (χ1) is 10.9. The van der Waals surface area contributed by atoms with Crippen molar-refractivity contribution in [3.63, 3.8) is 0 Å². The minimum Gasteiger partial charge on any atom is -0.495 e. The van der Waals surface area contributed by atoms with Crippen molar-refractivity contribution in [2.24, 2.45) is 0 Å². The van der Waals surface area contributed by atoms with Crippen LogP contribution in [0.5, 0.6) is 5.75 Å². The number of nitrogens with zero attached hydrogens (tertiary/aromatic N) is 2. The molecule has 0 radical (unpaired) electrons. The summed E-state index contributed by atoms with van der Waals surface area (Å²) in [6, 6.07) is 7.96. The molecule has 0 saturated carbocycles. The lowest BCUT2D eigenvalue weighted by Gasteiger charge is -2.10. The van der Waals surface area contributed by atoms with Crippen LogP contribution in [-0.4, -0.2) is 30.1 Å². The quantitative estimate of drug-likeness (QED) is 0.744. The molecule has 8 nitrogen and oxygen atoms in total. The first-order valence-electron chi connectivity index (χ1n) is 6.65. The minimum atomic E-state index is -3.87. The number of aromatic nitrogens is 3. The van der Waals surface area contributed by atoms with Gasteiger partial charge in [0.05, 0.1) is 12.8 Å². The molecule has 3 rings (SSSR count). The van der Waals surface area contributed by atoms with Crippen LogP contribution >= 0.6 is 0 Å². The van der Waals surface area contributed by atoms with Gasteiger partial charge in [-0.25, -0.2) is 13.5 Å². The number of sulfonamides is 1. The number of benzene rings is 1. The van der Waals surface area contributed by atoms with Crippen molar-refractivity contribution in [2.75, 3.05) is 11.8 Å². The van der Waals surface area contributed by atoms with E-state index in [4.69, 9.17) is 4.74 Å². The molecule has 0 bridgehead atoms. The number of hydrogen-bond acceptors (Lipinski definition) is 5. The molecule has 0 aliphatic heterocycles. The molecule has 2 heterocycles. The average molecular weight is 334 g/mol. The Hall–Kier alpha value is -2.81. The van der Waals surface area contributed by atoms with Gasteiger partial charge in [0.2, 0.25) is 0 Å². The predicted octanol–water partition coefficient (Wildman–Crippen LogP) is 1.14. The van der Waals surface area contributed by atoms with Crippen molar-refractivity contribution in [3.05, 3.63) is 52.7 Å². The summed E-state index contributed by atoms with van der Waals surface area (Å²) in [5, 5.41) is 6.12. The van der Waals surface area contributed by atoms with E-state index in [0.717, 1.165) is 0 Å². The number of para-hydroxylation sites is 2. The number of aromatic amines is 1. The lowest BCUT2D eigenvalue weighted by atomic mass is 10.3. The van der Waals surface area contributed by atoms with Gasteiger partial charge in [-0.15, -0.1) is 0 Å². The summed E-state index contributed by atoms with van der Waals surface area (Å²) >= 11 is 0. The number of nitrogens with one attached hydrogen (secondary N) is 2. The van der Waals surface area contributed by atoms with E-state index < -0.39 is 15.6 Å².